The predicted octanol–water partition coefficient (Wildman–Crippen LogP) is 8.42. The van der Waals surface area contributed by atoms with Crippen LogP contribution in [0, 0.1) is 116 Å². The Kier molecular flexibility index (Phi) is 10.8. The fourth-order valence-electron chi connectivity index (χ4n) is 4.38. The molecule has 0 aromatic heterocycles. The quantitative estimate of drug-likeness (QED) is 0.0731. The van der Waals surface area contributed by atoms with Crippen molar-refractivity contribution in [1.29, 1.82) is 0 Å². The summed E-state index contributed by atoms with van der Waals surface area (Å²) in [5, 5.41) is -8.98. The van der Waals surface area contributed by atoms with Crippen LogP contribution in [-0.2, 0) is 0 Å². The van der Waals surface area contributed by atoms with Crippen LogP contribution in [0.25, 0.3) is 0 Å². The van der Waals surface area contributed by atoms with Crippen molar-refractivity contribution in [2.45, 2.75) is 6.42 Å². The SMILES string of the molecule is Fc1c(F)c(F)c(P(CCCP(c2c(F)c(F)c(F)c(F)c2F)c2c(F)c(F)c(F)c(F)c2F)c2c(F)c(F)c(F)c(F)c2F)c(F)c1F. The van der Waals surface area contributed by atoms with Gasteiger partial charge in [-0.25, -0.2) is 87.8 Å². The van der Waals surface area contributed by atoms with Crippen molar-refractivity contribution < 1.29 is 87.8 Å². The molecule has 0 N–H and O–H groups in total. The highest BCUT2D eigenvalue weighted by Gasteiger charge is 2.40. The lowest BCUT2D eigenvalue weighted by Crippen LogP contribution is -2.31. The average Bonchev–Trinajstić information content (AvgIpc) is 3.07. The number of hydrogen-bond acceptors (Lipinski definition) is 0. The van der Waals surface area contributed by atoms with Crippen LogP contribution in [0.5, 0.6) is 0 Å². The zero-order valence-electron chi connectivity index (χ0n) is 22.6. The van der Waals surface area contributed by atoms with Gasteiger partial charge in [-0.1, -0.05) is 0 Å². The summed E-state index contributed by atoms with van der Waals surface area (Å²) in [6.45, 7) is 0. The molecule has 0 bridgehead atoms. The third-order valence-corrected chi connectivity index (χ3v) is 11.8. The van der Waals surface area contributed by atoms with Crippen LogP contribution in [0.3, 0.4) is 0 Å². The maximum Gasteiger partial charge on any atom is 0.200 e. The number of hydrogen-bond donors (Lipinski definition) is 0. The predicted molar refractivity (Wildman–Crippen MR) is 132 cm³/mol. The van der Waals surface area contributed by atoms with Crippen molar-refractivity contribution in [2.24, 2.45) is 0 Å². The molecular weight excluding hydrogens is 766 g/mol. The van der Waals surface area contributed by atoms with Crippen molar-refractivity contribution in [1.82, 2.24) is 0 Å². The standard InChI is InChI=1S/C27H6F20P2/c28-4-8(32)16(40)24(17(41)9(4)33)48(25-18(42)10(34)5(29)11(35)19(25)43)2-1-3-49(26-20(44)12(36)6(30)13(37)21(26)45)27-22(46)14(38)7(31)15(39)23(27)47/h1-3H2. The molecule has 4 aromatic carbocycles. The average molecular weight is 772 g/mol. The highest BCUT2D eigenvalue weighted by atomic mass is 31.1. The van der Waals surface area contributed by atoms with E-state index >= 15 is 0 Å². The molecule has 0 fully saturated rings. The summed E-state index contributed by atoms with van der Waals surface area (Å²) in [6, 6.07) is 0. The van der Waals surface area contributed by atoms with E-state index in [0.717, 1.165) is 0 Å². The molecule has 0 amide bonds. The molecule has 0 aliphatic rings. The molecule has 0 aliphatic carbocycles. The summed E-state index contributed by atoms with van der Waals surface area (Å²) in [4.78, 5) is 0. The smallest absolute Gasteiger partial charge is 0.200 e. The van der Waals surface area contributed by atoms with Gasteiger partial charge >= 0.3 is 0 Å². The lowest BCUT2D eigenvalue weighted by Gasteiger charge is -2.25. The molecule has 22 heteroatoms. The number of rotatable bonds is 8. The van der Waals surface area contributed by atoms with Crippen LogP contribution in [0.1, 0.15) is 6.42 Å². The molecule has 0 atom stereocenters. The molecule has 0 radical (unpaired) electrons. The first-order valence-corrected chi connectivity index (χ1v) is 15.4. The Bertz CT molecular complexity index is 1630. The molecule has 0 unspecified atom stereocenters. The molecule has 0 spiro atoms. The van der Waals surface area contributed by atoms with Gasteiger partial charge in [0.2, 0.25) is 23.3 Å². The molecular formula is C27H6F20P2. The van der Waals surface area contributed by atoms with Gasteiger partial charge in [-0.05, 0) is 34.6 Å². The Hall–Kier alpha value is -3.66. The van der Waals surface area contributed by atoms with E-state index in [9.17, 15) is 87.8 Å². The summed E-state index contributed by atoms with van der Waals surface area (Å²) in [7, 11) is -8.26. The van der Waals surface area contributed by atoms with Crippen LogP contribution < -0.4 is 21.2 Å². The summed E-state index contributed by atoms with van der Waals surface area (Å²) in [5.74, 6) is -57.4. The molecule has 4 rings (SSSR count). The third kappa shape index (κ3) is 6.08. The van der Waals surface area contributed by atoms with E-state index in [1.165, 1.54) is 0 Å². The van der Waals surface area contributed by atoms with Crippen molar-refractivity contribution in [3.63, 3.8) is 0 Å². The monoisotopic (exact) mass is 772 g/mol. The van der Waals surface area contributed by atoms with Crippen molar-refractivity contribution in [3.8, 4) is 0 Å². The summed E-state index contributed by atoms with van der Waals surface area (Å²) >= 11 is 0. The van der Waals surface area contributed by atoms with Gasteiger partial charge in [-0.15, -0.1) is 0 Å². The van der Waals surface area contributed by atoms with E-state index in [1.807, 2.05) is 0 Å². The highest BCUT2D eigenvalue weighted by molar-refractivity contribution is 7.74. The normalized spacial score (nSPS) is 11.9. The van der Waals surface area contributed by atoms with E-state index in [1.54, 1.807) is 0 Å². The Balaban J connectivity index is 1.99. The van der Waals surface area contributed by atoms with Crippen molar-refractivity contribution in [2.75, 3.05) is 12.3 Å². The first-order valence-electron chi connectivity index (χ1n) is 12.3. The minimum atomic E-state index is -4.13. The van der Waals surface area contributed by atoms with E-state index < -0.39 is 172 Å². The Morgan fingerprint density at radius 1 is 0.204 bits per heavy atom. The van der Waals surface area contributed by atoms with E-state index in [-0.39, 0.29) is 0 Å². The fraction of sp³-hybridized carbons (Fsp3) is 0.111. The second kappa shape index (κ2) is 13.9. The van der Waals surface area contributed by atoms with Crippen molar-refractivity contribution >= 4 is 37.1 Å². The van der Waals surface area contributed by atoms with Gasteiger partial charge in [-0.2, -0.15) is 0 Å². The van der Waals surface area contributed by atoms with Crippen LogP contribution in [-0.4, -0.2) is 12.3 Å². The summed E-state index contributed by atoms with van der Waals surface area (Å²) < 4.78 is 286. The van der Waals surface area contributed by atoms with Gasteiger partial charge in [-0.3, -0.25) is 0 Å². The minimum absolute atomic E-state index is 1.46. The number of benzene rings is 4. The Morgan fingerprint density at radius 2 is 0.327 bits per heavy atom. The Labute approximate surface area is 260 Å². The first kappa shape index (κ1) is 38.1. The van der Waals surface area contributed by atoms with Crippen LogP contribution >= 0.6 is 15.8 Å². The second-order valence-electron chi connectivity index (χ2n) is 9.33. The van der Waals surface area contributed by atoms with Crippen molar-refractivity contribution in [3.05, 3.63) is 116 Å². The van der Waals surface area contributed by atoms with Crippen LogP contribution in [0.15, 0.2) is 0 Å². The second-order valence-corrected chi connectivity index (χ2v) is 13.7. The van der Waals surface area contributed by atoms with E-state index in [0.29, 0.717) is 0 Å². The molecule has 0 nitrogen and oxygen atoms in total. The highest BCUT2D eigenvalue weighted by Crippen LogP contribution is 2.45. The molecule has 0 saturated heterocycles. The molecule has 0 heterocycles. The summed E-state index contributed by atoms with van der Waals surface area (Å²) in [6.07, 6.45) is -4.78. The molecule has 0 saturated carbocycles. The molecule has 264 valence electrons. The van der Waals surface area contributed by atoms with Gasteiger partial charge in [0.25, 0.3) is 0 Å². The third-order valence-electron chi connectivity index (χ3n) is 6.59. The lowest BCUT2D eigenvalue weighted by atomic mass is 10.3. The van der Waals surface area contributed by atoms with E-state index in [4.69, 9.17) is 0 Å². The summed E-state index contributed by atoms with van der Waals surface area (Å²) in [5.41, 5.74) is 0. The van der Waals surface area contributed by atoms with E-state index in [2.05, 4.69) is 0 Å². The van der Waals surface area contributed by atoms with Crippen LogP contribution in [0.2, 0.25) is 0 Å². The van der Waals surface area contributed by atoms with Gasteiger partial charge < -0.3 is 0 Å². The lowest BCUT2D eigenvalue weighted by molar-refractivity contribution is 0.383. The topological polar surface area (TPSA) is 0 Å². The van der Waals surface area contributed by atoms with Crippen LogP contribution in [0.4, 0.5) is 87.8 Å². The Morgan fingerprint density at radius 3 is 0.469 bits per heavy atom. The maximum absolute atomic E-state index is 14.8. The van der Waals surface area contributed by atoms with Gasteiger partial charge in [0.1, 0.15) is 0 Å². The zero-order valence-corrected chi connectivity index (χ0v) is 24.4. The molecule has 4 aromatic rings. The minimum Gasteiger partial charge on any atom is -0.203 e. The zero-order chi connectivity index (χ0) is 37.1. The van der Waals surface area contributed by atoms with Gasteiger partial charge in [0.05, 0.1) is 21.2 Å². The number of halogens is 20. The fourth-order valence-corrected chi connectivity index (χ4v) is 9.60. The van der Waals surface area contributed by atoms with Gasteiger partial charge in [0.15, 0.2) is 93.1 Å². The van der Waals surface area contributed by atoms with Gasteiger partial charge in [0, 0.05) is 0 Å². The molecule has 0 aliphatic heterocycles. The largest absolute Gasteiger partial charge is 0.203 e. The first-order chi connectivity index (χ1) is 22.7. The maximum atomic E-state index is 14.8. The molecule has 49 heavy (non-hydrogen) atoms.